The van der Waals surface area contributed by atoms with Crippen molar-refractivity contribution >= 4 is 11.7 Å². The molecule has 21 heavy (non-hydrogen) atoms. The van der Waals surface area contributed by atoms with Crippen molar-refractivity contribution in [2.75, 3.05) is 25.5 Å². The van der Waals surface area contributed by atoms with E-state index in [0.29, 0.717) is 12.1 Å². The third-order valence-electron chi connectivity index (χ3n) is 3.80. The van der Waals surface area contributed by atoms with Crippen molar-refractivity contribution in [2.24, 2.45) is 0 Å². The highest BCUT2D eigenvalue weighted by molar-refractivity contribution is 5.94. The van der Waals surface area contributed by atoms with E-state index in [1.807, 2.05) is 11.0 Å². The summed E-state index contributed by atoms with van der Waals surface area (Å²) in [6, 6.07) is 3.62. The predicted octanol–water partition coefficient (Wildman–Crippen LogP) is 1.26. The van der Waals surface area contributed by atoms with Gasteiger partial charge < -0.3 is 10.2 Å². The lowest BCUT2D eigenvalue weighted by Gasteiger charge is -2.31. The lowest BCUT2D eigenvalue weighted by Crippen LogP contribution is -2.39. The minimum Gasteiger partial charge on any atom is -0.373 e. The number of aromatic nitrogens is 4. The van der Waals surface area contributed by atoms with Crippen LogP contribution < -0.4 is 5.32 Å². The standard InChI is InChI=1S/C14H18N6O/c1-15-12-5-4-10(7-16-12)14(21)20-6-2-3-11(8-20)13-17-9-18-19-13/h4-5,7,9,11H,2-3,6,8H2,1H3,(H,15,16)(H,17,18,19). The molecule has 110 valence electrons. The van der Waals surface area contributed by atoms with Crippen LogP contribution in [0, 0.1) is 0 Å². The molecule has 1 fully saturated rings. The molecule has 1 amide bonds. The molecule has 1 aliphatic heterocycles. The Bertz CT molecular complexity index is 594. The number of anilines is 1. The highest BCUT2D eigenvalue weighted by Gasteiger charge is 2.27. The Morgan fingerprint density at radius 1 is 1.43 bits per heavy atom. The monoisotopic (exact) mass is 286 g/mol. The van der Waals surface area contributed by atoms with Crippen LogP contribution in [0.1, 0.15) is 34.9 Å². The third-order valence-corrected chi connectivity index (χ3v) is 3.80. The number of hydrogen-bond acceptors (Lipinski definition) is 5. The maximum atomic E-state index is 12.5. The summed E-state index contributed by atoms with van der Waals surface area (Å²) in [5, 5.41) is 9.73. The van der Waals surface area contributed by atoms with Crippen LogP contribution in [0.25, 0.3) is 0 Å². The molecule has 0 aromatic carbocycles. The normalized spacial score (nSPS) is 18.5. The summed E-state index contributed by atoms with van der Waals surface area (Å²) < 4.78 is 0. The van der Waals surface area contributed by atoms with Gasteiger partial charge in [0.2, 0.25) is 0 Å². The smallest absolute Gasteiger partial charge is 0.255 e. The zero-order valence-electron chi connectivity index (χ0n) is 11.9. The Balaban J connectivity index is 1.71. The van der Waals surface area contributed by atoms with Gasteiger partial charge in [-0.25, -0.2) is 9.97 Å². The molecule has 3 rings (SSSR count). The van der Waals surface area contributed by atoms with E-state index in [1.165, 1.54) is 6.33 Å². The van der Waals surface area contributed by atoms with E-state index in [1.54, 1.807) is 19.3 Å². The van der Waals surface area contributed by atoms with E-state index in [-0.39, 0.29) is 11.8 Å². The lowest BCUT2D eigenvalue weighted by atomic mass is 9.97. The number of piperidine rings is 1. The summed E-state index contributed by atoms with van der Waals surface area (Å²) in [5.41, 5.74) is 0.618. The molecule has 0 spiro atoms. The fourth-order valence-corrected chi connectivity index (χ4v) is 2.65. The summed E-state index contributed by atoms with van der Waals surface area (Å²) in [5.74, 6) is 1.87. The zero-order valence-corrected chi connectivity index (χ0v) is 11.9. The second-order valence-electron chi connectivity index (χ2n) is 5.14. The summed E-state index contributed by atoms with van der Waals surface area (Å²) in [4.78, 5) is 22.8. The van der Waals surface area contributed by atoms with Gasteiger partial charge >= 0.3 is 0 Å². The van der Waals surface area contributed by atoms with E-state index >= 15 is 0 Å². The van der Waals surface area contributed by atoms with Gasteiger partial charge in [0.25, 0.3) is 5.91 Å². The van der Waals surface area contributed by atoms with Crippen molar-refractivity contribution in [3.63, 3.8) is 0 Å². The van der Waals surface area contributed by atoms with Gasteiger partial charge in [0.15, 0.2) is 0 Å². The number of hydrogen-bond donors (Lipinski definition) is 2. The van der Waals surface area contributed by atoms with E-state index in [0.717, 1.165) is 31.0 Å². The fraction of sp³-hybridized carbons (Fsp3) is 0.429. The van der Waals surface area contributed by atoms with Crippen molar-refractivity contribution in [3.05, 3.63) is 36.0 Å². The highest BCUT2D eigenvalue weighted by Crippen LogP contribution is 2.25. The zero-order chi connectivity index (χ0) is 14.7. The van der Waals surface area contributed by atoms with Crippen LogP contribution >= 0.6 is 0 Å². The number of nitrogens with zero attached hydrogens (tertiary/aromatic N) is 4. The molecule has 1 unspecified atom stereocenters. The number of nitrogens with one attached hydrogen (secondary N) is 2. The number of amides is 1. The number of carbonyl (C=O) groups excluding carboxylic acids is 1. The molecule has 0 aliphatic carbocycles. The predicted molar refractivity (Wildman–Crippen MR) is 78.0 cm³/mol. The van der Waals surface area contributed by atoms with Crippen LogP contribution in [0.4, 0.5) is 5.82 Å². The number of carbonyl (C=O) groups is 1. The first kappa shape index (κ1) is 13.5. The van der Waals surface area contributed by atoms with E-state index < -0.39 is 0 Å². The van der Waals surface area contributed by atoms with Crippen LogP contribution in [-0.4, -0.2) is 51.1 Å². The Labute approximate surface area is 122 Å². The number of pyridine rings is 1. The number of H-pyrrole nitrogens is 1. The van der Waals surface area contributed by atoms with Gasteiger partial charge in [-0.3, -0.25) is 9.89 Å². The second kappa shape index (κ2) is 5.90. The molecule has 1 aliphatic rings. The molecule has 7 nitrogen and oxygen atoms in total. The van der Waals surface area contributed by atoms with Gasteiger partial charge in [-0.1, -0.05) is 0 Å². The number of likely N-dealkylation sites (tertiary alicyclic amines) is 1. The van der Waals surface area contributed by atoms with Crippen molar-refractivity contribution in [1.82, 2.24) is 25.1 Å². The lowest BCUT2D eigenvalue weighted by molar-refractivity contribution is 0.0704. The van der Waals surface area contributed by atoms with Gasteiger partial charge in [0.05, 0.1) is 5.56 Å². The van der Waals surface area contributed by atoms with Gasteiger partial charge in [-0.2, -0.15) is 5.10 Å². The van der Waals surface area contributed by atoms with E-state index in [9.17, 15) is 4.79 Å². The molecule has 7 heteroatoms. The van der Waals surface area contributed by atoms with Crippen LogP contribution in [0.3, 0.4) is 0 Å². The quantitative estimate of drug-likeness (QED) is 0.887. The molecule has 3 heterocycles. The maximum absolute atomic E-state index is 12.5. The SMILES string of the molecule is CNc1ccc(C(=O)N2CCCC(c3ncn[nH]3)C2)cn1. The summed E-state index contributed by atoms with van der Waals surface area (Å²) in [7, 11) is 1.80. The van der Waals surface area contributed by atoms with Crippen LogP contribution in [0.15, 0.2) is 24.7 Å². The summed E-state index contributed by atoms with van der Waals surface area (Å²) >= 11 is 0. The number of rotatable bonds is 3. The Morgan fingerprint density at radius 2 is 2.33 bits per heavy atom. The summed E-state index contributed by atoms with van der Waals surface area (Å²) in [6.45, 7) is 1.44. The average molecular weight is 286 g/mol. The van der Waals surface area contributed by atoms with Crippen LogP contribution in [0.2, 0.25) is 0 Å². The van der Waals surface area contributed by atoms with Crippen molar-refractivity contribution in [1.29, 1.82) is 0 Å². The molecule has 1 atom stereocenters. The molecule has 2 aromatic rings. The highest BCUT2D eigenvalue weighted by atomic mass is 16.2. The Hall–Kier alpha value is -2.44. The average Bonchev–Trinajstić information content (AvgIpc) is 3.09. The van der Waals surface area contributed by atoms with Gasteiger partial charge in [-0.15, -0.1) is 0 Å². The van der Waals surface area contributed by atoms with Gasteiger partial charge in [0.1, 0.15) is 18.0 Å². The van der Waals surface area contributed by atoms with E-state index in [2.05, 4.69) is 25.5 Å². The largest absolute Gasteiger partial charge is 0.373 e. The molecule has 0 radical (unpaired) electrons. The second-order valence-corrected chi connectivity index (χ2v) is 5.14. The first-order chi connectivity index (χ1) is 10.3. The topological polar surface area (TPSA) is 86.8 Å². The van der Waals surface area contributed by atoms with Crippen molar-refractivity contribution < 1.29 is 4.79 Å². The Kier molecular flexibility index (Phi) is 3.81. The maximum Gasteiger partial charge on any atom is 0.255 e. The molecule has 1 saturated heterocycles. The Morgan fingerprint density at radius 3 is 3.00 bits per heavy atom. The first-order valence-electron chi connectivity index (χ1n) is 7.06. The molecular weight excluding hydrogens is 268 g/mol. The molecular formula is C14H18N6O. The van der Waals surface area contributed by atoms with Crippen molar-refractivity contribution in [3.8, 4) is 0 Å². The van der Waals surface area contributed by atoms with Crippen LogP contribution in [-0.2, 0) is 0 Å². The van der Waals surface area contributed by atoms with Crippen LogP contribution in [0.5, 0.6) is 0 Å². The molecule has 0 saturated carbocycles. The third kappa shape index (κ3) is 2.86. The van der Waals surface area contributed by atoms with Gasteiger partial charge in [-0.05, 0) is 25.0 Å². The van der Waals surface area contributed by atoms with Gasteiger partial charge in [0, 0.05) is 32.3 Å². The minimum absolute atomic E-state index is 0.0226. The minimum atomic E-state index is 0.0226. The fourth-order valence-electron chi connectivity index (χ4n) is 2.65. The number of aromatic amines is 1. The summed E-state index contributed by atoms with van der Waals surface area (Å²) in [6.07, 6.45) is 5.12. The molecule has 2 aromatic heterocycles. The molecule has 0 bridgehead atoms. The first-order valence-corrected chi connectivity index (χ1v) is 7.06. The van der Waals surface area contributed by atoms with Crippen molar-refractivity contribution in [2.45, 2.75) is 18.8 Å². The van der Waals surface area contributed by atoms with E-state index in [4.69, 9.17) is 0 Å². The molecule has 2 N–H and O–H groups in total.